The van der Waals surface area contributed by atoms with Crippen molar-refractivity contribution >= 4 is 5.97 Å². The molecule has 0 amide bonds. The van der Waals surface area contributed by atoms with E-state index >= 15 is 0 Å². The monoisotopic (exact) mass is 432 g/mol. The van der Waals surface area contributed by atoms with Gasteiger partial charge in [0, 0.05) is 0 Å². The molecule has 4 rings (SSSR count). The molecule has 4 nitrogen and oxygen atoms in total. The van der Waals surface area contributed by atoms with Crippen molar-refractivity contribution in [2.75, 3.05) is 0 Å². The summed E-state index contributed by atoms with van der Waals surface area (Å²) in [5.41, 5.74) is 1.76. The number of aliphatic carboxylic acids is 1. The minimum Gasteiger partial charge on any atom is -0.481 e. The van der Waals surface area contributed by atoms with Crippen molar-refractivity contribution in [3.05, 3.63) is 11.6 Å². The average molecular weight is 433 g/mol. The molecule has 1 unspecified atom stereocenters. The van der Waals surface area contributed by atoms with Crippen molar-refractivity contribution in [2.24, 2.45) is 46.3 Å². The third kappa shape index (κ3) is 3.90. The second kappa shape index (κ2) is 8.48. The number of hydrogen-bond acceptors (Lipinski definition) is 3. The van der Waals surface area contributed by atoms with E-state index in [0.717, 1.165) is 38.5 Å². The van der Waals surface area contributed by atoms with Gasteiger partial charge in [-0.15, -0.1) is 0 Å². The molecule has 176 valence electrons. The molecule has 0 aromatic carbocycles. The Labute approximate surface area is 188 Å². The van der Waals surface area contributed by atoms with Crippen molar-refractivity contribution in [3.8, 4) is 0 Å². The Morgan fingerprint density at radius 1 is 1.06 bits per heavy atom. The van der Waals surface area contributed by atoms with Crippen LogP contribution in [-0.4, -0.2) is 33.5 Å². The van der Waals surface area contributed by atoms with Crippen LogP contribution in [0.25, 0.3) is 0 Å². The van der Waals surface area contributed by atoms with Gasteiger partial charge in [-0.1, -0.05) is 52.2 Å². The molecule has 0 bridgehead atoms. The quantitative estimate of drug-likeness (QED) is 0.490. The predicted molar refractivity (Wildman–Crippen MR) is 122 cm³/mol. The highest BCUT2D eigenvalue weighted by molar-refractivity contribution is 5.69. The van der Waals surface area contributed by atoms with Crippen LogP contribution in [0.2, 0.25) is 0 Å². The summed E-state index contributed by atoms with van der Waals surface area (Å²) in [4.78, 5) is 11.1. The van der Waals surface area contributed by atoms with Gasteiger partial charge in [-0.3, -0.25) is 4.79 Å². The fraction of sp³-hybridized carbons (Fsp3) is 0.889. The minimum atomic E-state index is -0.679. The van der Waals surface area contributed by atoms with Crippen LogP contribution in [0.3, 0.4) is 0 Å². The Bertz CT molecular complexity index is 716. The SMILES string of the molecule is CC(CCC[C@@H](C)[C@H]1CC[C@H]2[C@@H]3[C@H](O)C=C4C[C@H](O)CC[C@]4(C)[C@H]3CC[C@]12C)C(=O)O. The minimum absolute atomic E-state index is 0.154. The van der Waals surface area contributed by atoms with Gasteiger partial charge in [-0.05, 0) is 91.8 Å². The summed E-state index contributed by atoms with van der Waals surface area (Å²) in [5, 5.41) is 30.6. The lowest BCUT2D eigenvalue weighted by Gasteiger charge is -2.59. The highest BCUT2D eigenvalue weighted by Crippen LogP contribution is 2.67. The number of carboxylic acids is 1. The molecule has 0 heterocycles. The number of aliphatic hydroxyl groups excluding tert-OH is 2. The van der Waals surface area contributed by atoms with Gasteiger partial charge in [-0.2, -0.15) is 0 Å². The van der Waals surface area contributed by atoms with Crippen LogP contribution in [0.4, 0.5) is 0 Å². The van der Waals surface area contributed by atoms with Crippen LogP contribution in [0.15, 0.2) is 11.6 Å². The van der Waals surface area contributed by atoms with Crippen molar-refractivity contribution in [3.63, 3.8) is 0 Å². The Kier molecular flexibility index (Phi) is 6.37. The number of rotatable bonds is 6. The Morgan fingerprint density at radius 2 is 1.81 bits per heavy atom. The van der Waals surface area contributed by atoms with Crippen LogP contribution < -0.4 is 0 Å². The number of aliphatic hydroxyl groups is 2. The molecule has 0 aromatic rings. The van der Waals surface area contributed by atoms with Gasteiger partial charge >= 0.3 is 5.97 Å². The van der Waals surface area contributed by atoms with Gasteiger partial charge in [0.2, 0.25) is 0 Å². The summed E-state index contributed by atoms with van der Waals surface area (Å²) < 4.78 is 0. The number of fused-ring (bicyclic) bond motifs is 5. The number of carboxylic acid groups (broad SMARTS) is 1. The second-order valence-corrected chi connectivity index (χ2v) is 12.2. The molecule has 3 N–H and O–H groups in total. The summed E-state index contributed by atoms with van der Waals surface area (Å²) in [6.45, 7) is 9.11. The zero-order chi connectivity index (χ0) is 22.6. The van der Waals surface area contributed by atoms with E-state index in [0.29, 0.717) is 29.6 Å². The second-order valence-electron chi connectivity index (χ2n) is 12.2. The van der Waals surface area contributed by atoms with Crippen molar-refractivity contribution in [2.45, 2.75) is 104 Å². The fourth-order valence-corrected chi connectivity index (χ4v) is 8.68. The molecule has 0 spiro atoms. The summed E-state index contributed by atoms with van der Waals surface area (Å²) in [5.74, 6) is 1.83. The maximum Gasteiger partial charge on any atom is 0.306 e. The molecule has 0 saturated heterocycles. The highest BCUT2D eigenvalue weighted by Gasteiger charge is 2.61. The Hall–Kier alpha value is -0.870. The summed E-state index contributed by atoms with van der Waals surface area (Å²) >= 11 is 0. The first-order valence-corrected chi connectivity index (χ1v) is 12.9. The van der Waals surface area contributed by atoms with E-state index in [1.54, 1.807) is 0 Å². The third-order valence-electron chi connectivity index (χ3n) is 10.6. The molecule has 0 aromatic heterocycles. The smallest absolute Gasteiger partial charge is 0.306 e. The standard InChI is InChI=1S/C27H44O4/c1-16(6-5-7-17(2)25(30)31)20-8-9-21-24-22(11-13-27(20,21)4)26(3)12-10-19(28)14-18(26)15-23(24)29/h15-17,19-24,28-29H,5-14H2,1-4H3,(H,30,31)/t16-,17?,19-,20-,21+,22+,23-,24+,26+,27-/m1/s1. The van der Waals surface area contributed by atoms with Gasteiger partial charge in [0.1, 0.15) is 0 Å². The summed E-state index contributed by atoms with van der Waals surface area (Å²) in [6, 6.07) is 0. The topological polar surface area (TPSA) is 77.8 Å². The third-order valence-corrected chi connectivity index (χ3v) is 10.6. The van der Waals surface area contributed by atoms with E-state index in [1.807, 2.05) is 6.92 Å². The molecule has 4 aliphatic carbocycles. The fourth-order valence-electron chi connectivity index (χ4n) is 8.68. The molecule has 3 fully saturated rings. The van der Waals surface area contributed by atoms with E-state index in [4.69, 9.17) is 5.11 Å². The van der Waals surface area contributed by atoms with Crippen molar-refractivity contribution in [1.29, 1.82) is 0 Å². The molecule has 10 atom stereocenters. The molecule has 3 saturated carbocycles. The predicted octanol–water partition coefficient (Wildman–Crippen LogP) is 5.42. The molecule has 0 radical (unpaired) electrons. The van der Waals surface area contributed by atoms with Crippen LogP contribution in [0.5, 0.6) is 0 Å². The van der Waals surface area contributed by atoms with E-state index in [2.05, 4.69) is 26.8 Å². The van der Waals surface area contributed by atoms with Gasteiger partial charge in [0.15, 0.2) is 0 Å². The molecule has 31 heavy (non-hydrogen) atoms. The maximum absolute atomic E-state index is 11.3. The lowest BCUT2D eigenvalue weighted by molar-refractivity contribution is -0.141. The first kappa shape index (κ1) is 23.3. The van der Waals surface area contributed by atoms with E-state index in [-0.39, 0.29) is 29.0 Å². The lowest BCUT2D eigenvalue weighted by atomic mass is 9.46. The van der Waals surface area contributed by atoms with Gasteiger partial charge in [-0.25, -0.2) is 0 Å². The number of hydrogen-bond donors (Lipinski definition) is 3. The van der Waals surface area contributed by atoms with Gasteiger partial charge < -0.3 is 15.3 Å². The average Bonchev–Trinajstić information content (AvgIpc) is 3.06. The maximum atomic E-state index is 11.3. The number of carbonyl (C=O) groups is 1. The molecule has 0 aliphatic heterocycles. The van der Waals surface area contributed by atoms with E-state index in [1.165, 1.54) is 31.3 Å². The van der Waals surface area contributed by atoms with Crippen LogP contribution in [0.1, 0.15) is 91.9 Å². The normalized spacial score (nSPS) is 46.3. The summed E-state index contributed by atoms with van der Waals surface area (Å²) in [7, 11) is 0. The van der Waals surface area contributed by atoms with Crippen LogP contribution in [0, 0.1) is 46.3 Å². The Balaban J connectivity index is 1.48. The van der Waals surface area contributed by atoms with Crippen LogP contribution >= 0.6 is 0 Å². The highest BCUT2D eigenvalue weighted by atomic mass is 16.4. The van der Waals surface area contributed by atoms with Crippen molar-refractivity contribution < 1.29 is 20.1 Å². The molecule has 4 aliphatic rings. The first-order chi connectivity index (χ1) is 14.6. The Morgan fingerprint density at radius 3 is 2.52 bits per heavy atom. The lowest BCUT2D eigenvalue weighted by Crippen LogP contribution is -2.54. The van der Waals surface area contributed by atoms with Gasteiger partial charge in [0.05, 0.1) is 18.1 Å². The molecular formula is C27H44O4. The molecule has 4 heteroatoms. The molecular weight excluding hydrogens is 388 g/mol. The van der Waals surface area contributed by atoms with Crippen LogP contribution in [-0.2, 0) is 4.79 Å². The zero-order valence-corrected chi connectivity index (χ0v) is 20.0. The van der Waals surface area contributed by atoms with Crippen molar-refractivity contribution in [1.82, 2.24) is 0 Å². The first-order valence-electron chi connectivity index (χ1n) is 12.9. The van der Waals surface area contributed by atoms with Gasteiger partial charge in [0.25, 0.3) is 0 Å². The van der Waals surface area contributed by atoms with E-state index < -0.39 is 5.97 Å². The zero-order valence-electron chi connectivity index (χ0n) is 20.0. The van der Waals surface area contributed by atoms with E-state index in [9.17, 15) is 15.0 Å². The summed E-state index contributed by atoms with van der Waals surface area (Å²) in [6.07, 6.45) is 12.0. The largest absolute Gasteiger partial charge is 0.481 e.